The third-order valence-electron chi connectivity index (χ3n) is 2.76. The second kappa shape index (κ2) is 5.64. The van der Waals surface area contributed by atoms with Crippen molar-refractivity contribution >= 4 is 21.7 Å². The summed E-state index contributed by atoms with van der Waals surface area (Å²) in [4.78, 5) is 19.9. The van der Waals surface area contributed by atoms with Crippen molar-refractivity contribution in [1.82, 2.24) is 9.97 Å². The molecule has 0 unspecified atom stereocenters. The number of anilines is 1. The van der Waals surface area contributed by atoms with E-state index in [0.717, 1.165) is 19.1 Å². The highest BCUT2D eigenvalue weighted by atomic mass is 79.9. The number of nitrogens with one attached hydrogen (secondary N) is 1. The molecule has 1 aliphatic carbocycles. The van der Waals surface area contributed by atoms with Gasteiger partial charge >= 0.3 is 0 Å². The van der Waals surface area contributed by atoms with Gasteiger partial charge in [0.2, 0.25) is 0 Å². The first-order valence-corrected chi connectivity index (χ1v) is 6.50. The van der Waals surface area contributed by atoms with E-state index in [1.807, 2.05) is 11.9 Å². The minimum Gasteiger partial charge on any atom is -0.379 e. The van der Waals surface area contributed by atoms with Crippen molar-refractivity contribution in [2.75, 3.05) is 31.7 Å². The molecule has 94 valence electrons. The SMILES string of the molecule is CN(CCOCC1CC1)c1nc[nH]c(=O)c1Br. The van der Waals surface area contributed by atoms with E-state index in [4.69, 9.17) is 4.74 Å². The van der Waals surface area contributed by atoms with Crippen LogP contribution in [0.2, 0.25) is 0 Å². The maximum atomic E-state index is 11.4. The lowest BCUT2D eigenvalue weighted by molar-refractivity contribution is 0.130. The molecular weight excluding hydrogens is 286 g/mol. The first-order chi connectivity index (χ1) is 8.18. The Hall–Kier alpha value is -0.880. The molecule has 1 aromatic heterocycles. The number of aromatic amines is 1. The van der Waals surface area contributed by atoms with Crippen LogP contribution in [0.25, 0.3) is 0 Å². The highest BCUT2D eigenvalue weighted by molar-refractivity contribution is 9.10. The smallest absolute Gasteiger partial charge is 0.267 e. The zero-order valence-corrected chi connectivity index (χ0v) is 11.4. The zero-order valence-electron chi connectivity index (χ0n) is 9.78. The third kappa shape index (κ3) is 3.54. The maximum absolute atomic E-state index is 11.4. The average molecular weight is 302 g/mol. The van der Waals surface area contributed by atoms with E-state index >= 15 is 0 Å². The van der Waals surface area contributed by atoms with Gasteiger partial charge in [-0.05, 0) is 34.7 Å². The number of rotatable bonds is 6. The van der Waals surface area contributed by atoms with Crippen molar-refractivity contribution < 1.29 is 4.74 Å². The molecule has 0 atom stereocenters. The molecule has 1 N–H and O–H groups in total. The Labute approximate surface area is 108 Å². The van der Waals surface area contributed by atoms with E-state index in [9.17, 15) is 4.79 Å². The Morgan fingerprint density at radius 1 is 1.65 bits per heavy atom. The Balaban J connectivity index is 1.83. The highest BCUT2D eigenvalue weighted by Crippen LogP contribution is 2.28. The fourth-order valence-electron chi connectivity index (χ4n) is 1.48. The molecule has 1 saturated carbocycles. The summed E-state index contributed by atoms with van der Waals surface area (Å²) in [6, 6.07) is 0. The van der Waals surface area contributed by atoms with Crippen molar-refractivity contribution in [1.29, 1.82) is 0 Å². The van der Waals surface area contributed by atoms with Gasteiger partial charge in [0.05, 0.1) is 12.9 Å². The molecule has 1 aliphatic rings. The number of hydrogen-bond donors (Lipinski definition) is 1. The number of ether oxygens (including phenoxy) is 1. The fourth-order valence-corrected chi connectivity index (χ4v) is 2.00. The molecule has 5 nitrogen and oxygen atoms in total. The van der Waals surface area contributed by atoms with Crippen LogP contribution in [-0.2, 0) is 4.74 Å². The van der Waals surface area contributed by atoms with E-state index in [-0.39, 0.29) is 5.56 Å². The van der Waals surface area contributed by atoms with Gasteiger partial charge in [0.1, 0.15) is 10.3 Å². The summed E-state index contributed by atoms with van der Waals surface area (Å²) in [5.74, 6) is 1.42. The van der Waals surface area contributed by atoms with Gasteiger partial charge in [-0.1, -0.05) is 0 Å². The normalized spacial score (nSPS) is 14.9. The van der Waals surface area contributed by atoms with E-state index in [2.05, 4.69) is 25.9 Å². The van der Waals surface area contributed by atoms with E-state index < -0.39 is 0 Å². The topological polar surface area (TPSA) is 58.2 Å². The van der Waals surface area contributed by atoms with Crippen molar-refractivity contribution in [2.45, 2.75) is 12.8 Å². The Morgan fingerprint density at radius 3 is 3.12 bits per heavy atom. The molecule has 0 bridgehead atoms. The van der Waals surface area contributed by atoms with Crippen molar-refractivity contribution in [3.8, 4) is 0 Å². The number of halogens is 1. The van der Waals surface area contributed by atoms with Crippen LogP contribution in [0, 0.1) is 5.92 Å². The van der Waals surface area contributed by atoms with Crippen LogP contribution in [0.1, 0.15) is 12.8 Å². The van der Waals surface area contributed by atoms with E-state index in [1.54, 1.807) is 0 Å². The van der Waals surface area contributed by atoms with Gasteiger partial charge in [-0.25, -0.2) is 4.98 Å². The molecule has 2 rings (SSSR count). The quantitative estimate of drug-likeness (QED) is 0.807. The molecule has 1 aromatic rings. The van der Waals surface area contributed by atoms with Gasteiger partial charge in [0.25, 0.3) is 5.56 Å². The molecule has 1 heterocycles. The molecule has 0 amide bonds. The van der Waals surface area contributed by atoms with Gasteiger partial charge in [-0.15, -0.1) is 0 Å². The van der Waals surface area contributed by atoms with Crippen molar-refractivity contribution in [3.05, 3.63) is 21.2 Å². The molecule has 0 radical (unpaired) electrons. The van der Waals surface area contributed by atoms with Crippen LogP contribution in [-0.4, -0.2) is 36.8 Å². The largest absolute Gasteiger partial charge is 0.379 e. The van der Waals surface area contributed by atoms with Crippen LogP contribution in [0.4, 0.5) is 5.82 Å². The molecule has 17 heavy (non-hydrogen) atoms. The second-order valence-corrected chi connectivity index (χ2v) is 5.10. The van der Waals surface area contributed by atoms with Crippen molar-refractivity contribution in [3.63, 3.8) is 0 Å². The number of nitrogens with zero attached hydrogens (tertiary/aromatic N) is 2. The Kier molecular flexibility index (Phi) is 4.17. The predicted molar refractivity (Wildman–Crippen MR) is 69.4 cm³/mol. The summed E-state index contributed by atoms with van der Waals surface area (Å²) in [6.07, 6.45) is 4.01. The van der Waals surface area contributed by atoms with Gasteiger partial charge in [0, 0.05) is 20.2 Å². The molecule has 0 aliphatic heterocycles. The average Bonchev–Trinajstić information content (AvgIpc) is 3.12. The lowest BCUT2D eigenvalue weighted by Crippen LogP contribution is -2.26. The molecule has 6 heteroatoms. The lowest BCUT2D eigenvalue weighted by atomic mass is 10.4. The monoisotopic (exact) mass is 301 g/mol. The van der Waals surface area contributed by atoms with Crippen LogP contribution < -0.4 is 10.5 Å². The van der Waals surface area contributed by atoms with Crippen LogP contribution in [0.5, 0.6) is 0 Å². The summed E-state index contributed by atoms with van der Waals surface area (Å²) in [5.41, 5.74) is -0.166. The summed E-state index contributed by atoms with van der Waals surface area (Å²) in [6.45, 7) is 2.24. The van der Waals surface area contributed by atoms with Gasteiger partial charge in [-0.2, -0.15) is 0 Å². The first kappa shape index (κ1) is 12.6. The molecule has 1 fully saturated rings. The number of likely N-dealkylation sites (N-methyl/N-ethyl adjacent to an activating group) is 1. The second-order valence-electron chi connectivity index (χ2n) is 4.31. The molecule has 0 aromatic carbocycles. The summed E-state index contributed by atoms with van der Waals surface area (Å²) in [5, 5.41) is 0. The van der Waals surface area contributed by atoms with Crippen molar-refractivity contribution in [2.24, 2.45) is 5.92 Å². The van der Waals surface area contributed by atoms with Crippen LogP contribution in [0.15, 0.2) is 15.6 Å². The molecule has 0 saturated heterocycles. The Bertz CT molecular complexity index is 431. The summed E-state index contributed by atoms with van der Waals surface area (Å²) >= 11 is 3.23. The predicted octanol–water partition coefficient (Wildman–Crippen LogP) is 1.40. The van der Waals surface area contributed by atoms with Gasteiger partial charge in [0.15, 0.2) is 0 Å². The van der Waals surface area contributed by atoms with E-state index in [1.165, 1.54) is 19.2 Å². The van der Waals surface area contributed by atoms with Gasteiger partial charge in [-0.3, -0.25) is 4.79 Å². The minimum absolute atomic E-state index is 0.166. The number of aromatic nitrogens is 2. The highest BCUT2D eigenvalue weighted by Gasteiger charge is 2.21. The standard InChI is InChI=1S/C11H16BrN3O2/c1-15(4-5-17-6-8-2-3-8)10-9(12)11(16)14-7-13-10/h7-8H,2-6H2,1H3,(H,13,14,16). The fraction of sp³-hybridized carbons (Fsp3) is 0.636. The van der Waals surface area contributed by atoms with E-state index in [0.29, 0.717) is 16.9 Å². The third-order valence-corrected chi connectivity index (χ3v) is 3.48. The maximum Gasteiger partial charge on any atom is 0.267 e. The summed E-state index contributed by atoms with van der Waals surface area (Å²) in [7, 11) is 1.90. The number of H-pyrrole nitrogens is 1. The van der Waals surface area contributed by atoms with Crippen LogP contribution in [0.3, 0.4) is 0 Å². The lowest BCUT2D eigenvalue weighted by Gasteiger charge is -2.18. The number of hydrogen-bond acceptors (Lipinski definition) is 4. The van der Waals surface area contributed by atoms with Gasteiger partial charge < -0.3 is 14.6 Å². The first-order valence-electron chi connectivity index (χ1n) is 5.70. The minimum atomic E-state index is -0.166. The van der Waals surface area contributed by atoms with Crippen LogP contribution >= 0.6 is 15.9 Å². The summed E-state index contributed by atoms with van der Waals surface area (Å²) < 4.78 is 6.01. The Morgan fingerprint density at radius 2 is 2.41 bits per heavy atom. The zero-order chi connectivity index (χ0) is 12.3. The molecule has 0 spiro atoms. The molecular formula is C11H16BrN3O2.